The molecule has 12 heavy (non-hydrogen) atoms. The highest BCUT2D eigenvalue weighted by molar-refractivity contribution is 5.69. The first kappa shape index (κ1) is 8.52. The van der Waals surface area contributed by atoms with Crippen molar-refractivity contribution >= 4 is 5.97 Å². The van der Waals surface area contributed by atoms with Gasteiger partial charge in [0.15, 0.2) is 5.75 Å². The van der Waals surface area contributed by atoms with Gasteiger partial charge in [-0.1, -0.05) is 0 Å². The molecule has 0 saturated carbocycles. The number of esters is 1. The zero-order valence-corrected chi connectivity index (χ0v) is 6.90. The van der Waals surface area contributed by atoms with Gasteiger partial charge < -0.3 is 9.47 Å². The fourth-order valence-corrected chi connectivity index (χ4v) is 0.744. The summed E-state index contributed by atoms with van der Waals surface area (Å²) >= 11 is 0. The summed E-state index contributed by atoms with van der Waals surface area (Å²) in [6.07, 6.45) is 1.53. The number of rotatable bonds is 2. The summed E-state index contributed by atoms with van der Waals surface area (Å²) in [7, 11) is 1.49. The molecule has 0 unspecified atom stereocenters. The standard InChI is InChI=1S/C8H9NO3/c1-6(10)12-8-7(11-2)4-3-5-9-8/h3-5H,1-2H3. The smallest absolute Gasteiger partial charge is 0.309 e. The quantitative estimate of drug-likeness (QED) is 0.617. The van der Waals surface area contributed by atoms with Gasteiger partial charge in [-0.3, -0.25) is 4.79 Å². The van der Waals surface area contributed by atoms with E-state index in [1.807, 2.05) is 0 Å². The summed E-state index contributed by atoms with van der Waals surface area (Å²) in [6, 6.07) is 3.37. The molecule has 1 aromatic rings. The van der Waals surface area contributed by atoms with E-state index in [9.17, 15) is 4.79 Å². The first-order chi connectivity index (χ1) is 5.74. The molecule has 1 heterocycles. The molecule has 0 fully saturated rings. The molecular weight excluding hydrogens is 158 g/mol. The van der Waals surface area contributed by atoms with Crippen molar-refractivity contribution in [1.82, 2.24) is 4.98 Å². The summed E-state index contributed by atoms with van der Waals surface area (Å²) in [5.41, 5.74) is 0. The SMILES string of the molecule is COc1cccnc1OC(C)=O. The Morgan fingerprint density at radius 2 is 2.33 bits per heavy atom. The first-order valence-electron chi connectivity index (χ1n) is 3.41. The average molecular weight is 167 g/mol. The molecule has 0 bridgehead atoms. The van der Waals surface area contributed by atoms with Crippen LogP contribution in [-0.4, -0.2) is 18.1 Å². The number of ether oxygens (including phenoxy) is 2. The Labute approximate surface area is 70.1 Å². The van der Waals surface area contributed by atoms with Gasteiger partial charge in [-0.25, -0.2) is 4.98 Å². The van der Waals surface area contributed by atoms with Crippen LogP contribution in [0.5, 0.6) is 11.6 Å². The van der Waals surface area contributed by atoms with Gasteiger partial charge in [0.05, 0.1) is 7.11 Å². The lowest BCUT2D eigenvalue weighted by Gasteiger charge is -2.04. The van der Waals surface area contributed by atoms with Crippen LogP contribution in [0.15, 0.2) is 18.3 Å². The van der Waals surface area contributed by atoms with Gasteiger partial charge in [-0.2, -0.15) is 0 Å². The van der Waals surface area contributed by atoms with E-state index in [4.69, 9.17) is 9.47 Å². The zero-order chi connectivity index (χ0) is 8.97. The maximum atomic E-state index is 10.6. The Morgan fingerprint density at radius 1 is 1.58 bits per heavy atom. The van der Waals surface area contributed by atoms with E-state index in [1.165, 1.54) is 20.2 Å². The van der Waals surface area contributed by atoms with Crippen molar-refractivity contribution in [3.8, 4) is 11.6 Å². The number of pyridine rings is 1. The van der Waals surface area contributed by atoms with Gasteiger partial charge in [0.2, 0.25) is 0 Å². The second-order valence-corrected chi connectivity index (χ2v) is 2.10. The van der Waals surface area contributed by atoms with Crippen molar-refractivity contribution in [2.45, 2.75) is 6.92 Å². The van der Waals surface area contributed by atoms with Crippen molar-refractivity contribution in [3.05, 3.63) is 18.3 Å². The number of hydrogen-bond acceptors (Lipinski definition) is 4. The van der Waals surface area contributed by atoms with Gasteiger partial charge in [0, 0.05) is 13.1 Å². The molecule has 64 valence electrons. The maximum absolute atomic E-state index is 10.6. The van der Waals surface area contributed by atoms with Crippen molar-refractivity contribution in [3.63, 3.8) is 0 Å². The number of aromatic nitrogens is 1. The van der Waals surface area contributed by atoms with Crippen LogP contribution in [-0.2, 0) is 4.79 Å². The Hall–Kier alpha value is -1.58. The van der Waals surface area contributed by atoms with E-state index in [1.54, 1.807) is 12.1 Å². The van der Waals surface area contributed by atoms with Crippen LogP contribution >= 0.6 is 0 Å². The van der Waals surface area contributed by atoms with Crippen LogP contribution in [0.2, 0.25) is 0 Å². The second kappa shape index (κ2) is 3.71. The third-order valence-electron chi connectivity index (χ3n) is 1.20. The highest BCUT2D eigenvalue weighted by Crippen LogP contribution is 2.22. The molecule has 0 spiro atoms. The topological polar surface area (TPSA) is 48.4 Å². The van der Waals surface area contributed by atoms with Gasteiger partial charge in [-0.15, -0.1) is 0 Å². The highest BCUT2D eigenvalue weighted by Gasteiger charge is 2.05. The lowest BCUT2D eigenvalue weighted by molar-refractivity contribution is -0.132. The molecule has 0 saturated heterocycles. The maximum Gasteiger partial charge on any atom is 0.309 e. The van der Waals surface area contributed by atoms with Crippen molar-refractivity contribution in [2.24, 2.45) is 0 Å². The Kier molecular flexibility index (Phi) is 2.63. The minimum absolute atomic E-state index is 0.201. The number of carbonyl (C=O) groups excluding carboxylic acids is 1. The van der Waals surface area contributed by atoms with E-state index in [0.717, 1.165) is 0 Å². The average Bonchev–Trinajstić information content (AvgIpc) is 2.04. The summed E-state index contributed by atoms with van der Waals surface area (Å²) in [4.78, 5) is 14.4. The molecule has 0 aliphatic heterocycles. The van der Waals surface area contributed by atoms with E-state index in [-0.39, 0.29) is 5.88 Å². The van der Waals surface area contributed by atoms with Crippen molar-refractivity contribution < 1.29 is 14.3 Å². The molecule has 0 aliphatic rings. The number of carbonyl (C=O) groups is 1. The molecule has 4 heteroatoms. The monoisotopic (exact) mass is 167 g/mol. The molecule has 0 amide bonds. The Morgan fingerprint density at radius 3 is 2.92 bits per heavy atom. The normalized spacial score (nSPS) is 9.17. The van der Waals surface area contributed by atoms with Gasteiger partial charge >= 0.3 is 5.97 Å². The number of methoxy groups -OCH3 is 1. The fourth-order valence-electron chi connectivity index (χ4n) is 0.744. The first-order valence-corrected chi connectivity index (χ1v) is 3.41. The molecule has 0 N–H and O–H groups in total. The molecule has 1 rings (SSSR count). The third kappa shape index (κ3) is 1.95. The molecular formula is C8H9NO3. The minimum Gasteiger partial charge on any atom is -0.491 e. The van der Waals surface area contributed by atoms with Crippen LogP contribution in [0, 0.1) is 0 Å². The van der Waals surface area contributed by atoms with Gasteiger partial charge in [0.1, 0.15) is 0 Å². The predicted molar refractivity (Wildman–Crippen MR) is 42.1 cm³/mol. The molecule has 0 radical (unpaired) electrons. The van der Waals surface area contributed by atoms with E-state index < -0.39 is 5.97 Å². The third-order valence-corrected chi connectivity index (χ3v) is 1.20. The molecule has 4 nitrogen and oxygen atoms in total. The number of hydrogen-bond donors (Lipinski definition) is 0. The van der Waals surface area contributed by atoms with Crippen LogP contribution in [0.4, 0.5) is 0 Å². The lowest BCUT2D eigenvalue weighted by Crippen LogP contribution is -2.04. The van der Waals surface area contributed by atoms with Crippen LogP contribution in [0.25, 0.3) is 0 Å². The summed E-state index contributed by atoms with van der Waals surface area (Å²) in [6.45, 7) is 1.31. The summed E-state index contributed by atoms with van der Waals surface area (Å²) < 4.78 is 9.67. The Bertz CT molecular complexity index is 285. The fraction of sp³-hybridized carbons (Fsp3) is 0.250. The van der Waals surface area contributed by atoms with E-state index >= 15 is 0 Å². The van der Waals surface area contributed by atoms with Crippen LogP contribution < -0.4 is 9.47 Å². The van der Waals surface area contributed by atoms with E-state index in [2.05, 4.69) is 4.98 Å². The number of nitrogens with zero attached hydrogens (tertiary/aromatic N) is 1. The van der Waals surface area contributed by atoms with Crippen LogP contribution in [0.1, 0.15) is 6.92 Å². The van der Waals surface area contributed by atoms with Gasteiger partial charge in [-0.05, 0) is 12.1 Å². The predicted octanol–water partition coefficient (Wildman–Crippen LogP) is 1.02. The lowest BCUT2D eigenvalue weighted by atomic mass is 10.4. The molecule has 0 atom stereocenters. The van der Waals surface area contributed by atoms with E-state index in [0.29, 0.717) is 5.75 Å². The minimum atomic E-state index is -0.410. The molecule has 1 aromatic heterocycles. The summed E-state index contributed by atoms with van der Waals surface area (Å²) in [5, 5.41) is 0. The Balaban J connectivity index is 2.89. The zero-order valence-electron chi connectivity index (χ0n) is 6.90. The largest absolute Gasteiger partial charge is 0.491 e. The molecule has 0 aliphatic carbocycles. The van der Waals surface area contributed by atoms with Crippen LogP contribution in [0.3, 0.4) is 0 Å². The van der Waals surface area contributed by atoms with Gasteiger partial charge in [0.25, 0.3) is 5.88 Å². The van der Waals surface area contributed by atoms with Crippen molar-refractivity contribution in [1.29, 1.82) is 0 Å². The highest BCUT2D eigenvalue weighted by atomic mass is 16.6. The second-order valence-electron chi connectivity index (χ2n) is 2.10. The molecule has 0 aromatic carbocycles. The van der Waals surface area contributed by atoms with Crippen molar-refractivity contribution in [2.75, 3.05) is 7.11 Å². The summed E-state index contributed by atoms with van der Waals surface area (Å²) in [5.74, 6) is 0.243.